The zero-order valence-electron chi connectivity index (χ0n) is 19.2. The fraction of sp³-hybridized carbons (Fsp3) is 0.280. The molecule has 1 aromatic carbocycles. The first-order valence-electron chi connectivity index (χ1n) is 11.1. The summed E-state index contributed by atoms with van der Waals surface area (Å²) < 4.78 is 38.2. The second-order valence-electron chi connectivity index (χ2n) is 8.41. The van der Waals surface area contributed by atoms with E-state index in [1.54, 1.807) is 6.20 Å². The Morgan fingerprint density at radius 2 is 2.03 bits per heavy atom. The molecule has 0 saturated carbocycles. The molecule has 1 aliphatic rings. The lowest BCUT2D eigenvalue weighted by Gasteiger charge is -2.15. The Morgan fingerprint density at radius 3 is 2.69 bits per heavy atom. The van der Waals surface area contributed by atoms with Gasteiger partial charge < -0.3 is 5.32 Å². The standard InChI is InChI=1S/C25H25F3N6O/c1-16(11-17(13-29-2)15-34-9-3-4-10-34)18-5-7-21-20(12-18)23(33-32-21)24(35)31-19-6-8-22(30-14-19)25(26,27)28/h5-8,11-14H,2-4,9-10,15H2,1H3,(H,31,35)(H,32,33)/b16-11+,17-13+. The van der Waals surface area contributed by atoms with Gasteiger partial charge in [-0.15, -0.1) is 0 Å². The molecule has 4 rings (SSSR count). The molecule has 0 unspecified atom stereocenters. The number of carbonyl (C=O) groups excluding carboxylic acids is 1. The van der Waals surface area contributed by atoms with Crippen LogP contribution < -0.4 is 5.32 Å². The monoisotopic (exact) mass is 482 g/mol. The lowest BCUT2D eigenvalue weighted by molar-refractivity contribution is -0.141. The van der Waals surface area contributed by atoms with Crippen molar-refractivity contribution in [3.05, 3.63) is 71.3 Å². The maximum atomic E-state index is 12.8. The smallest absolute Gasteiger partial charge is 0.319 e. The molecule has 0 atom stereocenters. The molecule has 1 aliphatic heterocycles. The number of aliphatic imine (C=N–C) groups is 1. The Balaban J connectivity index is 1.55. The third kappa shape index (κ3) is 5.83. The number of amides is 1. The maximum Gasteiger partial charge on any atom is 0.433 e. The zero-order valence-corrected chi connectivity index (χ0v) is 19.2. The Kier molecular flexibility index (Phi) is 7.11. The number of aromatic amines is 1. The van der Waals surface area contributed by atoms with Gasteiger partial charge in [-0.3, -0.25) is 19.8 Å². The van der Waals surface area contributed by atoms with E-state index in [1.807, 2.05) is 25.1 Å². The van der Waals surface area contributed by atoms with E-state index in [0.29, 0.717) is 10.9 Å². The van der Waals surface area contributed by atoms with Crippen molar-refractivity contribution in [3.8, 4) is 0 Å². The van der Waals surface area contributed by atoms with Crippen LogP contribution in [0.1, 0.15) is 41.5 Å². The summed E-state index contributed by atoms with van der Waals surface area (Å²) in [6.45, 7) is 8.48. The maximum absolute atomic E-state index is 12.8. The molecule has 1 amide bonds. The van der Waals surface area contributed by atoms with Gasteiger partial charge in [-0.1, -0.05) is 12.1 Å². The van der Waals surface area contributed by atoms with E-state index in [1.165, 1.54) is 12.8 Å². The van der Waals surface area contributed by atoms with Crippen molar-refractivity contribution in [3.63, 3.8) is 0 Å². The summed E-state index contributed by atoms with van der Waals surface area (Å²) in [5, 5.41) is 10.1. The molecule has 0 radical (unpaired) electrons. The molecule has 1 fully saturated rings. The van der Waals surface area contributed by atoms with Crippen molar-refractivity contribution in [2.24, 2.45) is 4.99 Å². The number of fused-ring (bicyclic) bond motifs is 1. The zero-order chi connectivity index (χ0) is 25.0. The quantitative estimate of drug-likeness (QED) is 0.353. The Bertz CT molecular complexity index is 1280. The minimum Gasteiger partial charge on any atom is -0.319 e. The van der Waals surface area contributed by atoms with Gasteiger partial charge in [-0.25, -0.2) is 4.98 Å². The number of H-pyrrole nitrogens is 1. The van der Waals surface area contributed by atoms with Crippen LogP contribution in [0.25, 0.3) is 16.5 Å². The second kappa shape index (κ2) is 10.2. The highest BCUT2D eigenvalue weighted by atomic mass is 19.4. The van der Waals surface area contributed by atoms with E-state index in [9.17, 15) is 18.0 Å². The number of hydrogen-bond acceptors (Lipinski definition) is 5. The van der Waals surface area contributed by atoms with E-state index in [0.717, 1.165) is 54.7 Å². The number of benzene rings is 1. The molecular formula is C25H25F3N6O. The van der Waals surface area contributed by atoms with E-state index in [2.05, 4.69) is 43.2 Å². The minimum atomic E-state index is -4.55. The first-order chi connectivity index (χ1) is 16.7. The van der Waals surface area contributed by atoms with Gasteiger partial charge in [0.15, 0.2) is 5.69 Å². The van der Waals surface area contributed by atoms with Gasteiger partial charge in [-0.05, 0) is 80.5 Å². The summed E-state index contributed by atoms with van der Waals surface area (Å²) in [5.74, 6) is -0.554. The molecule has 10 heteroatoms. The Morgan fingerprint density at radius 1 is 1.26 bits per heavy atom. The summed E-state index contributed by atoms with van der Waals surface area (Å²) in [7, 11) is 0. The van der Waals surface area contributed by atoms with Crippen LogP contribution in [0.2, 0.25) is 0 Å². The van der Waals surface area contributed by atoms with Crippen LogP contribution in [-0.4, -0.2) is 52.3 Å². The number of nitrogens with one attached hydrogen (secondary N) is 2. The van der Waals surface area contributed by atoms with Crippen LogP contribution in [0.4, 0.5) is 18.9 Å². The summed E-state index contributed by atoms with van der Waals surface area (Å²) in [5.41, 5.74) is 2.84. The number of halogens is 3. The van der Waals surface area contributed by atoms with Crippen LogP contribution in [-0.2, 0) is 6.18 Å². The minimum absolute atomic E-state index is 0.134. The molecule has 0 bridgehead atoms. The second-order valence-corrected chi connectivity index (χ2v) is 8.41. The normalized spacial score (nSPS) is 15.5. The topological polar surface area (TPSA) is 86.3 Å². The number of alkyl halides is 3. The summed E-state index contributed by atoms with van der Waals surface area (Å²) in [6, 6.07) is 7.60. The lowest BCUT2D eigenvalue weighted by Crippen LogP contribution is -2.21. The molecule has 0 aliphatic carbocycles. The van der Waals surface area contributed by atoms with Crippen LogP contribution in [0.5, 0.6) is 0 Å². The molecule has 2 aromatic heterocycles. The molecule has 3 aromatic rings. The van der Waals surface area contributed by atoms with E-state index in [-0.39, 0.29) is 11.4 Å². The number of likely N-dealkylation sites (tertiary alicyclic amines) is 1. The van der Waals surface area contributed by atoms with Gasteiger partial charge in [0.1, 0.15) is 5.69 Å². The number of aromatic nitrogens is 3. The van der Waals surface area contributed by atoms with Gasteiger partial charge >= 0.3 is 6.18 Å². The number of anilines is 1. The highest BCUT2D eigenvalue weighted by Gasteiger charge is 2.32. The van der Waals surface area contributed by atoms with Crippen molar-refractivity contribution >= 4 is 34.8 Å². The predicted molar refractivity (Wildman–Crippen MR) is 130 cm³/mol. The van der Waals surface area contributed by atoms with Gasteiger partial charge in [-0.2, -0.15) is 18.3 Å². The SMILES string of the molecule is C=N/C=C(\C=C(/C)c1ccc2[nH]nc(C(=O)Nc3ccc(C(F)(F)F)nc3)c2c1)CN1CCCC1. The third-order valence-corrected chi connectivity index (χ3v) is 5.81. The van der Waals surface area contributed by atoms with Gasteiger partial charge in [0.2, 0.25) is 0 Å². The first-order valence-corrected chi connectivity index (χ1v) is 11.1. The average molecular weight is 483 g/mol. The summed E-state index contributed by atoms with van der Waals surface area (Å²) >= 11 is 0. The highest BCUT2D eigenvalue weighted by Crippen LogP contribution is 2.28. The molecule has 182 valence electrons. The molecule has 7 nitrogen and oxygen atoms in total. The number of rotatable bonds is 7. The molecule has 35 heavy (non-hydrogen) atoms. The largest absolute Gasteiger partial charge is 0.433 e. The third-order valence-electron chi connectivity index (χ3n) is 5.81. The van der Waals surface area contributed by atoms with Gasteiger partial charge in [0.25, 0.3) is 5.91 Å². The van der Waals surface area contributed by atoms with Crippen LogP contribution in [0.3, 0.4) is 0 Å². The molecular weight excluding hydrogens is 457 g/mol. The average Bonchev–Trinajstić information content (AvgIpc) is 3.48. The fourth-order valence-electron chi connectivity index (χ4n) is 4.06. The van der Waals surface area contributed by atoms with Crippen molar-refractivity contribution in [1.29, 1.82) is 0 Å². The van der Waals surface area contributed by atoms with Crippen molar-refractivity contribution in [2.75, 3.05) is 25.0 Å². The number of hydrogen-bond donors (Lipinski definition) is 2. The molecule has 1 saturated heterocycles. The van der Waals surface area contributed by atoms with E-state index in [4.69, 9.17) is 0 Å². The van der Waals surface area contributed by atoms with Crippen LogP contribution in [0.15, 0.2) is 59.4 Å². The fourth-order valence-corrected chi connectivity index (χ4v) is 4.06. The molecule has 3 heterocycles. The van der Waals surface area contributed by atoms with Gasteiger partial charge in [0, 0.05) is 18.1 Å². The lowest BCUT2D eigenvalue weighted by atomic mass is 10.0. The predicted octanol–water partition coefficient (Wildman–Crippen LogP) is 5.31. The van der Waals surface area contributed by atoms with Gasteiger partial charge in [0.05, 0.1) is 17.4 Å². The Hall–Kier alpha value is -3.79. The molecule has 2 N–H and O–H groups in total. The van der Waals surface area contributed by atoms with Crippen LogP contribution >= 0.6 is 0 Å². The highest BCUT2D eigenvalue weighted by molar-refractivity contribution is 6.11. The first kappa shape index (κ1) is 24.3. The van der Waals surface area contributed by atoms with Crippen molar-refractivity contribution < 1.29 is 18.0 Å². The summed E-state index contributed by atoms with van der Waals surface area (Å²) in [4.78, 5) is 22.5. The number of carbonyl (C=O) groups is 1. The van der Waals surface area contributed by atoms with Crippen molar-refractivity contribution in [1.82, 2.24) is 20.1 Å². The number of allylic oxidation sites excluding steroid dienone is 1. The van der Waals surface area contributed by atoms with Crippen molar-refractivity contribution in [2.45, 2.75) is 25.9 Å². The number of nitrogens with zero attached hydrogens (tertiary/aromatic N) is 4. The Labute approximate surface area is 200 Å². The number of pyridine rings is 1. The summed E-state index contributed by atoms with van der Waals surface area (Å²) in [6.07, 6.45) is 2.63. The van der Waals surface area contributed by atoms with E-state index < -0.39 is 17.8 Å². The van der Waals surface area contributed by atoms with E-state index >= 15 is 0 Å². The van der Waals surface area contributed by atoms with Crippen LogP contribution in [0, 0.1) is 0 Å². The molecule has 0 spiro atoms.